The van der Waals surface area contributed by atoms with Crippen LogP contribution in [0.5, 0.6) is 0 Å². The Morgan fingerprint density at radius 3 is 2.53 bits per heavy atom. The van der Waals surface area contributed by atoms with Gasteiger partial charge in [-0.25, -0.2) is 0 Å². The van der Waals surface area contributed by atoms with Crippen LogP contribution in [-0.2, 0) is 0 Å². The number of anilines is 1. The Labute approximate surface area is 114 Å². The summed E-state index contributed by atoms with van der Waals surface area (Å²) in [4.78, 5) is 12.0. The van der Waals surface area contributed by atoms with E-state index in [-0.39, 0.29) is 5.91 Å². The minimum absolute atomic E-state index is 0.0734. The molecule has 2 rings (SSSR count). The number of halogens is 1. The monoisotopic (exact) mass is 337 g/mol. The molecule has 0 saturated heterocycles. The fraction of sp³-hybridized carbons (Fsp3) is 0.0714. The zero-order valence-electron chi connectivity index (χ0n) is 9.41. The smallest absolute Gasteiger partial charge is 0.255 e. The van der Waals surface area contributed by atoms with Crippen LogP contribution in [-0.4, -0.2) is 5.91 Å². The summed E-state index contributed by atoms with van der Waals surface area (Å²) in [6, 6.07) is 15.2. The molecule has 0 radical (unpaired) electrons. The van der Waals surface area contributed by atoms with E-state index in [2.05, 4.69) is 27.9 Å². The molecule has 0 aliphatic carbocycles. The number of nitrogens with one attached hydrogen (secondary N) is 1. The highest BCUT2D eigenvalue weighted by atomic mass is 127. The first-order chi connectivity index (χ1) is 8.16. The van der Waals surface area contributed by atoms with E-state index >= 15 is 0 Å². The molecule has 0 saturated carbocycles. The molecule has 2 aromatic carbocycles. The van der Waals surface area contributed by atoms with E-state index in [0.717, 1.165) is 14.8 Å². The summed E-state index contributed by atoms with van der Waals surface area (Å²) in [5.41, 5.74) is 2.60. The van der Waals surface area contributed by atoms with Crippen molar-refractivity contribution in [3.8, 4) is 0 Å². The molecule has 0 aliphatic rings. The van der Waals surface area contributed by atoms with Crippen molar-refractivity contribution in [1.82, 2.24) is 0 Å². The molecular formula is C14H12INO. The van der Waals surface area contributed by atoms with Gasteiger partial charge in [0.2, 0.25) is 0 Å². The van der Waals surface area contributed by atoms with Crippen LogP contribution in [0.3, 0.4) is 0 Å². The molecule has 0 fully saturated rings. The summed E-state index contributed by atoms with van der Waals surface area (Å²) < 4.78 is 1.11. The van der Waals surface area contributed by atoms with Crippen LogP contribution in [0.15, 0.2) is 48.5 Å². The third-order valence-electron chi connectivity index (χ3n) is 2.48. The Kier molecular flexibility index (Phi) is 3.78. The third-order valence-corrected chi connectivity index (χ3v) is 3.15. The summed E-state index contributed by atoms with van der Waals surface area (Å²) in [6.07, 6.45) is 0. The van der Waals surface area contributed by atoms with Gasteiger partial charge < -0.3 is 5.32 Å². The average molecular weight is 337 g/mol. The highest BCUT2D eigenvalue weighted by molar-refractivity contribution is 14.1. The second-order valence-corrected chi connectivity index (χ2v) is 5.03. The van der Waals surface area contributed by atoms with Crippen molar-refractivity contribution < 1.29 is 4.79 Å². The highest BCUT2D eigenvalue weighted by Crippen LogP contribution is 2.18. The van der Waals surface area contributed by atoms with Gasteiger partial charge in [0.05, 0.1) is 0 Å². The lowest BCUT2D eigenvalue weighted by molar-refractivity contribution is 0.102. The van der Waals surface area contributed by atoms with Gasteiger partial charge in [-0.3, -0.25) is 4.79 Å². The predicted octanol–water partition coefficient (Wildman–Crippen LogP) is 3.85. The molecular weight excluding hydrogens is 325 g/mol. The lowest BCUT2D eigenvalue weighted by atomic mass is 10.1. The van der Waals surface area contributed by atoms with Gasteiger partial charge in [-0.15, -0.1) is 0 Å². The van der Waals surface area contributed by atoms with Crippen LogP contribution in [0.1, 0.15) is 15.9 Å². The number of rotatable bonds is 2. The maximum Gasteiger partial charge on any atom is 0.255 e. The fourth-order valence-corrected chi connectivity index (χ4v) is 2.00. The van der Waals surface area contributed by atoms with Crippen molar-refractivity contribution in [2.75, 3.05) is 5.32 Å². The summed E-state index contributed by atoms with van der Waals surface area (Å²) >= 11 is 2.23. The first kappa shape index (κ1) is 12.1. The van der Waals surface area contributed by atoms with Gasteiger partial charge in [0.15, 0.2) is 0 Å². The number of benzene rings is 2. The molecule has 2 aromatic rings. The van der Waals surface area contributed by atoms with E-state index in [1.807, 2.05) is 43.3 Å². The van der Waals surface area contributed by atoms with Gasteiger partial charge in [0.1, 0.15) is 0 Å². The summed E-state index contributed by atoms with van der Waals surface area (Å²) in [5.74, 6) is -0.0734. The van der Waals surface area contributed by atoms with Crippen molar-refractivity contribution in [1.29, 1.82) is 0 Å². The van der Waals surface area contributed by atoms with Crippen molar-refractivity contribution in [3.63, 3.8) is 0 Å². The molecule has 0 unspecified atom stereocenters. The lowest BCUT2D eigenvalue weighted by Crippen LogP contribution is -2.12. The molecule has 0 spiro atoms. The third kappa shape index (κ3) is 3.06. The number of carbonyl (C=O) groups is 1. The average Bonchev–Trinajstić information content (AvgIpc) is 2.35. The van der Waals surface area contributed by atoms with Gasteiger partial charge in [-0.2, -0.15) is 0 Å². The first-order valence-electron chi connectivity index (χ1n) is 5.29. The Bertz CT molecular complexity index is 537. The van der Waals surface area contributed by atoms with Gasteiger partial charge in [0, 0.05) is 14.8 Å². The van der Waals surface area contributed by atoms with Gasteiger partial charge >= 0.3 is 0 Å². The number of hydrogen-bond donors (Lipinski definition) is 1. The van der Waals surface area contributed by atoms with Crippen LogP contribution >= 0.6 is 22.6 Å². The molecule has 0 atom stereocenters. The molecule has 1 N–H and O–H groups in total. The van der Waals surface area contributed by atoms with Crippen molar-refractivity contribution in [2.24, 2.45) is 0 Å². The normalized spacial score (nSPS) is 10.0. The van der Waals surface area contributed by atoms with Gasteiger partial charge in [-0.1, -0.05) is 24.3 Å². The Morgan fingerprint density at radius 2 is 1.82 bits per heavy atom. The van der Waals surface area contributed by atoms with E-state index in [1.165, 1.54) is 0 Å². The van der Waals surface area contributed by atoms with Gasteiger partial charge in [-0.05, 0) is 59.3 Å². The molecule has 17 heavy (non-hydrogen) atoms. The Balaban J connectivity index is 2.22. The largest absolute Gasteiger partial charge is 0.322 e. The van der Waals surface area contributed by atoms with E-state index in [1.54, 1.807) is 12.1 Å². The van der Waals surface area contributed by atoms with Crippen molar-refractivity contribution >= 4 is 34.2 Å². The molecule has 2 nitrogen and oxygen atoms in total. The van der Waals surface area contributed by atoms with Crippen LogP contribution in [0, 0.1) is 10.5 Å². The fourth-order valence-electron chi connectivity index (χ4n) is 1.51. The van der Waals surface area contributed by atoms with Crippen molar-refractivity contribution in [2.45, 2.75) is 6.92 Å². The van der Waals surface area contributed by atoms with Crippen LogP contribution < -0.4 is 5.32 Å². The molecule has 1 amide bonds. The molecule has 0 aromatic heterocycles. The molecule has 86 valence electrons. The number of hydrogen-bond acceptors (Lipinski definition) is 1. The summed E-state index contributed by atoms with van der Waals surface area (Å²) in [5, 5.41) is 2.92. The van der Waals surface area contributed by atoms with E-state index in [4.69, 9.17) is 0 Å². The maximum absolute atomic E-state index is 12.0. The number of aryl methyl sites for hydroxylation is 1. The Morgan fingerprint density at radius 1 is 1.12 bits per heavy atom. The van der Waals surface area contributed by atoms with Crippen LogP contribution in [0.25, 0.3) is 0 Å². The standard InChI is InChI=1S/C14H12INO/c1-10-7-8-12(15)9-13(10)16-14(17)11-5-3-2-4-6-11/h2-9H,1H3,(H,16,17). The second-order valence-electron chi connectivity index (χ2n) is 3.78. The van der Waals surface area contributed by atoms with E-state index in [0.29, 0.717) is 5.56 Å². The zero-order chi connectivity index (χ0) is 12.3. The quantitative estimate of drug-likeness (QED) is 0.829. The highest BCUT2D eigenvalue weighted by Gasteiger charge is 2.06. The van der Waals surface area contributed by atoms with Crippen LogP contribution in [0.4, 0.5) is 5.69 Å². The lowest BCUT2D eigenvalue weighted by Gasteiger charge is -2.08. The Hall–Kier alpha value is -1.36. The number of amides is 1. The second kappa shape index (κ2) is 5.31. The van der Waals surface area contributed by atoms with E-state index < -0.39 is 0 Å². The first-order valence-corrected chi connectivity index (χ1v) is 6.37. The number of carbonyl (C=O) groups excluding carboxylic acids is 1. The molecule has 0 heterocycles. The minimum Gasteiger partial charge on any atom is -0.322 e. The summed E-state index contributed by atoms with van der Waals surface area (Å²) in [6.45, 7) is 1.98. The van der Waals surface area contributed by atoms with Crippen LogP contribution in [0.2, 0.25) is 0 Å². The molecule has 0 aliphatic heterocycles. The van der Waals surface area contributed by atoms with Gasteiger partial charge in [0.25, 0.3) is 5.91 Å². The molecule has 3 heteroatoms. The SMILES string of the molecule is Cc1ccc(I)cc1NC(=O)c1ccccc1. The summed E-state index contributed by atoms with van der Waals surface area (Å²) in [7, 11) is 0. The predicted molar refractivity (Wildman–Crippen MR) is 78.3 cm³/mol. The maximum atomic E-state index is 12.0. The molecule has 0 bridgehead atoms. The minimum atomic E-state index is -0.0734. The zero-order valence-corrected chi connectivity index (χ0v) is 11.6. The van der Waals surface area contributed by atoms with E-state index in [9.17, 15) is 4.79 Å². The topological polar surface area (TPSA) is 29.1 Å². The van der Waals surface area contributed by atoms with Crippen molar-refractivity contribution in [3.05, 3.63) is 63.2 Å².